The zero-order chi connectivity index (χ0) is 15.5. The Morgan fingerprint density at radius 2 is 2.09 bits per heavy atom. The first kappa shape index (κ1) is 14.5. The summed E-state index contributed by atoms with van der Waals surface area (Å²) in [7, 11) is 0. The number of aromatic nitrogens is 3. The molecule has 5 heteroatoms. The van der Waals surface area contributed by atoms with Gasteiger partial charge < -0.3 is 5.32 Å². The smallest absolute Gasteiger partial charge is 0.225 e. The molecule has 0 unspecified atom stereocenters. The molecule has 1 amide bonds. The fourth-order valence-corrected chi connectivity index (χ4v) is 2.48. The minimum atomic E-state index is -0.0322. The Labute approximate surface area is 129 Å². The first-order valence-electron chi connectivity index (χ1n) is 7.79. The number of nitrogens with zero attached hydrogens (tertiary/aromatic N) is 3. The third-order valence-corrected chi connectivity index (χ3v) is 3.73. The number of carbonyl (C=O) groups is 1. The number of amides is 1. The molecule has 3 aromatic rings. The molecule has 0 spiro atoms. The Morgan fingerprint density at radius 1 is 1.27 bits per heavy atom. The Balaban J connectivity index is 2.16. The lowest BCUT2D eigenvalue weighted by Crippen LogP contribution is -2.10. The molecule has 0 atom stereocenters. The van der Waals surface area contributed by atoms with E-state index < -0.39 is 0 Å². The Bertz CT molecular complexity index is 822. The van der Waals surface area contributed by atoms with Crippen LogP contribution in [0.4, 0.5) is 5.82 Å². The van der Waals surface area contributed by atoms with E-state index in [1.54, 1.807) is 0 Å². The molecule has 0 bridgehead atoms. The number of anilines is 1. The second-order valence-electron chi connectivity index (χ2n) is 5.38. The molecule has 3 rings (SSSR count). The minimum Gasteiger partial charge on any atom is -0.309 e. The number of rotatable bonds is 5. The largest absolute Gasteiger partial charge is 0.309 e. The maximum Gasteiger partial charge on any atom is 0.225 e. The average Bonchev–Trinajstić information content (AvgIpc) is 2.87. The van der Waals surface area contributed by atoms with Crippen molar-refractivity contribution in [1.82, 2.24) is 14.8 Å². The van der Waals surface area contributed by atoms with Gasteiger partial charge in [0.05, 0.1) is 10.9 Å². The lowest BCUT2D eigenvalue weighted by Gasteiger charge is -2.02. The molecule has 5 nitrogen and oxygen atoms in total. The van der Waals surface area contributed by atoms with E-state index in [4.69, 9.17) is 4.98 Å². The molecule has 0 radical (unpaired) electrons. The number of hydrogen-bond donors (Lipinski definition) is 1. The van der Waals surface area contributed by atoms with Crippen LogP contribution in [0.1, 0.15) is 33.1 Å². The molecule has 1 N–H and O–H groups in total. The van der Waals surface area contributed by atoms with E-state index in [0.717, 1.165) is 41.3 Å². The molecule has 1 aromatic carbocycles. The summed E-state index contributed by atoms with van der Waals surface area (Å²) in [5.41, 5.74) is 1.78. The van der Waals surface area contributed by atoms with Gasteiger partial charge >= 0.3 is 0 Å². The number of aryl methyl sites for hydroxylation is 1. The first-order valence-corrected chi connectivity index (χ1v) is 7.79. The van der Waals surface area contributed by atoms with Gasteiger partial charge in [0.25, 0.3) is 0 Å². The Morgan fingerprint density at radius 3 is 2.86 bits per heavy atom. The van der Waals surface area contributed by atoms with Crippen LogP contribution in [0.25, 0.3) is 21.9 Å². The summed E-state index contributed by atoms with van der Waals surface area (Å²) < 4.78 is 1.90. The van der Waals surface area contributed by atoms with Crippen LogP contribution >= 0.6 is 0 Å². The number of nitrogens with one attached hydrogen (secondary N) is 1. The van der Waals surface area contributed by atoms with Crippen LogP contribution in [-0.4, -0.2) is 20.7 Å². The van der Waals surface area contributed by atoms with Crippen molar-refractivity contribution in [1.29, 1.82) is 0 Å². The predicted octanol–water partition coefficient (Wildman–Crippen LogP) is 3.73. The maximum atomic E-state index is 11.7. The molecule has 0 aliphatic carbocycles. The highest BCUT2D eigenvalue weighted by molar-refractivity contribution is 6.02. The average molecular weight is 296 g/mol. The highest BCUT2D eigenvalue weighted by atomic mass is 16.1. The van der Waals surface area contributed by atoms with Crippen molar-refractivity contribution >= 4 is 33.7 Å². The van der Waals surface area contributed by atoms with Crippen LogP contribution in [0.5, 0.6) is 0 Å². The normalized spacial score (nSPS) is 11.2. The molecular formula is C17H20N4O. The van der Waals surface area contributed by atoms with Gasteiger partial charge in [0.2, 0.25) is 5.91 Å². The van der Waals surface area contributed by atoms with Crippen LogP contribution in [0.2, 0.25) is 0 Å². The molecule has 2 heterocycles. The van der Waals surface area contributed by atoms with Crippen molar-refractivity contribution in [2.24, 2.45) is 0 Å². The number of unbranched alkanes of at least 4 members (excludes halogenated alkanes) is 1. The molecule has 2 aromatic heterocycles. The third kappa shape index (κ3) is 2.66. The first-order chi connectivity index (χ1) is 10.7. The van der Waals surface area contributed by atoms with Crippen molar-refractivity contribution < 1.29 is 4.79 Å². The fourth-order valence-electron chi connectivity index (χ4n) is 2.48. The van der Waals surface area contributed by atoms with E-state index in [-0.39, 0.29) is 5.91 Å². The van der Waals surface area contributed by atoms with Crippen molar-refractivity contribution in [3.63, 3.8) is 0 Å². The molecule has 0 aliphatic heterocycles. The molecule has 0 saturated carbocycles. The monoisotopic (exact) mass is 296 g/mol. The topological polar surface area (TPSA) is 59.8 Å². The van der Waals surface area contributed by atoms with E-state index in [9.17, 15) is 4.79 Å². The van der Waals surface area contributed by atoms with Gasteiger partial charge in [-0.05, 0) is 18.6 Å². The minimum absolute atomic E-state index is 0.0322. The molecule has 0 fully saturated rings. The van der Waals surface area contributed by atoms with Crippen LogP contribution in [0.3, 0.4) is 0 Å². The van der Waals surface area contributed by atoms with Gasteiger partial charge in [0.1, 0.15) is 0 Å². The number of fused-ring (bicyclic) bond motifs is 2. The summed E-state index contributed by atoms with van der Waals surface area (Å²) in [6.07, 6.45) is 2.56. The fraction of sp³-hybridized carbons (Fsp3) is 0.353. The number of benzene rings is 1. The number of pyridine rings is 1. The Kier molecular flexibility index (Phi) is 4.04. The summed E-state index contributed by atoms with van der Waals surface area (Å²) in [4.78, 5) is 16.5. The number of para-hydroxylation sites is 1. The maximum absolute atomic E-state index is 11.7. The lowest BCUT2D eigenvalue weighted by molar-refractivity contribution is -0.115. The van der Waals surface area contributed by atoms with Gasteiger partial charge in [-0.15, -0.1) is 0 Å². The molecular weight excluding hydrogens is 276 g/mol. The number of hydrogen-bond acceptors (Lipinski definition) is 3. The third-order valence-electron chi connectivity index (χ3n) is 3.73. The standard InChI is InChI=1S/C17H20N4O/c1-3-5-10-21-17-13(16(20-21)19-15(22)4-2)11-12-8-6-7-9-14(12)18-17/h6-9,11H,3-5,10H2,1-2H3,(H,19,20,22). The summed E-state index contributed by atoms with van der Waals surface area (Å²) in [5, 5.41) is 9.40. The SMILES string of the molecule is CCCCn1nc(NC(=O)CC)c2cc3ccccc3nc21. The molecule has 114 valence electrons. The van der Waals surface area contributed by atoms with Gasteiger partial charge in [-0.2, -0.15) is 5.10 Å². The highest BCUT2D eigenvalue weighted by Gasteiger charge is 2.14. The van der Waals surface area contributed by atoms with Gasteiger partial charge in [-0.25, -0.2) is 9.67 Å². The summed E-state index contributed by atoms with van der Waals surface area (Å²) >= 11 is 0. The molecule has 0 aliphatic rings. The van der Waals surface area contributed by atoms with E-state index >= 15 is 0 Å². The van der Waals surface area contributed by atoms with Gasteiger partial charge in [-0.1, -0.05) is 38.5 Å². The van der Waals surface area contributed by atoms with Crippen molar-refractivity contribution in [3.8, 4) is 0 Å². The van der Waals surface area contributed by atoms with Gasteiger partial charge in [-0.3, -0.25) is 4.79 Å². The van der Waals surface area contributed by atoms with Gasteiger partial charge in [0, 0.05) is 18.4 Å². The van der Waals surface area contributed by atoms with Crippen molar-refractivity contribution in [2.45, 2.75) is 39.7 Å². The van der Waals surface area contributed by atoms with Crippen molar-refractivity contribution in [2.75, 3.05) is 5.32 Å². The lowest BCUT2D eigenvalue weighted by atomic mass is 10.2. The summed E-state index contributed by atoms with van der Waals surface area (Å²) in [5.74, 6) is 0.575. The van der Waals surface area contributed by atoms with Crippen LogP contribution in [0.15, 0.2) is 30.3 Å². The highest BCUT2D eigenvalue weighted by Crippen LogP contribution is 2.26. The molecule has 22 heavy (non-hydrogen) atoms. The van der Waals surface area contributed by atoms with Gasteiger partial charge in [0.15, 0.2) is 11.5 Å². The molecule has 0 saturated heterocycles. The Hall–Kier alpha value is -2.43. The number of carbonyl (C=O) groups excluding carboxylic acids is 1. The van der Waals surface area contributed by atoms with Crippen molar-refractivity contribution in [3.05, 3.63) is 30.3 Å². The second kappa shape index (κ2) is 6.13. The zero-order valence-corrected chi connectivity index (χ0v) is 13.0. The van der Waals surface area contributed by atoms with E-state index in [0.29, 0.717) is 12.2 Å². The second-order valence-corrected chi connectivity index (χ2v) is 5.38. The van der Waals surface area contributed by atoms with E-state index in [1.807, 2.05) is 35.9 Å². The van der Waals surface area contributed by atoms with E-state index in [1.165, 1.54) is 0 Å². The van der Waals surface area contributed by atoms with Crippen LogP contribution in [0, 0.1) is 0 Å². The van der Waals surface area contributed by atoms with E-state index in [2.05, 4.69) is 23.4 Å². The van der Waals surface area contributed by atoms with Crippen LogP contribution in [-0.2, 0) is 11.3 Å². The summed E-state index contributed by atoms with van der Waals surface area (Å²) in [6, 6.07) is 10.0. The predicted molar refractivity (Wildman–Crippen MR) is 88.9 cm³/mol. The van der Waals surface area contributed by atoms with Crippen LogP contribution < -0.4 is 5.32 Å². The quantitative estimate of drug-likeness (QED) is 0.780. The summed E-state index contributed by atoms with van der Waals surface area (Å²) in [6.45, 7) is 4.79. The zero-order valence-electron chi connectivity index (χ0n) is 13.0.